The lowest BCUT2D eigenvalue weighted by Gasteiger charge is -2.12. The van der Waals surface area contributed by atoms with Crippen LogP contribution in [0.1, 0.15) is 22.8 Å². The first-order valence-electron chi connectivity index (χ1n) is 5.27. The van der Waals surface area contributed by atoms with Gasteiger partial charge in [0.05, 0.1) is 0 Å². The fourth-order valence-corrected chi connectivity index (χ4v) is 1.91. The Hall–Kier alpha value is -1.38. The fourth-order valence-electron chi connectivity index (χ4n) is 1.71. The van der Waals surface area contributed by atoms with Gasteiger partial charge in [0.2, 0.25) is 0 Å². The second-order valence-electron chi connectivity index (χ2n) is 3.97. The van der Waals surface area contributed by atoms with E-state index in [2.05, 4.69) is 0 Å². The zero-order valence-corrected chi connectivity index (χ0v) is 10.1. The third-order valence-electron chi connectivity index (χ3n) is 2.66. The second-order valence-corrected chi connectivity index (χ2v) is 4.40. The summed E-state index contributed by atoms with van der Waals surface area (Å²) < 4.78 is 13.1. The first-order valence-corrected chi connectivity index (χ1v) is 5.65. The Morgan fingerprint density at radius 1 is 1.12 bits per heavy atom. The molecule has 2 aromatic rings. The molecular formula is C14H12ClFO. The topological polar surface area (TPSA) is 20.2 Å². The lowest BCUT2D eigenvalue weighted by molar-refractivity contribution is 0.220. The highest BCUT2D eigenvalue weighted by molar-refractivity contribution is 6.30. The second kappa shape index (κ2) is 4.86. The quantitative estimate of drug-likeness (QED) is 0.858. The van der Waals surface area contributed by atoms with Crippen molar-refractivity contribution in [1.82, 2.24) is 0 Å². The molecular weight excluding hydrogens is 239 g/mol. The maximum Gasteiger partial charge on any atom is 0.126 e. The molecule has 0 heterocycles. The summed E-state index contributed by atoms with van der Waals surface area (Å²) in [6.45, 7) is 1.67. The first kappa shape index (κ1) is 12.1. The van der Waals surface area contributed by atoms with Crippen LogP contribution in [0.3, 0.4) is 0 Å². The molecule has 0 bridgehead atoms. The standard InChI is InChI=1S/C14H12ClFO/c1-9-7-11(5-6-13(9)16)14(17)10-3-2-4-12(15)8-10/h2-8,14,17H,1H3. The molecule has 0 aliphatic rings. The van der Waals surface area contributed by atoms with Gasteiger partial charge in [-0.15, -0.1) is 0 Å². The first-order chi connectivity index (χ1) is 8.08. The minimum Gasteiger partial charge on any atom is -0.384 e. The van der Waals surface area contributed by atoms with Gasteiger partial charge in [0, 0.05) is 5.02 Å². The van der Waals surface area contributed by atoms with Crippen molar-refractivity contribution in [3.8, 4) is 0 Å². The Balaban J connectivity index is 2.36. The number of halogens is 2. The summed E-state index contributed by atoms with van der Waals surface area (Å²) in [6, 6.07) is 11.6. The van der Waals surface area contributed by atoms with E-state index in [4.69, 9.17) is 11.6 Å². The minimum atomic E-state index is -0.784. The molecule has 2 aromatic carbocycles. The van der Waals surface area contributed by atoms with Crippen LogP contribution in [0.5, 0.6) is 0 Å². The molecule has 0 spiro atoms. The number of aliphatic hydroxyl groups excluding tert-OH is 1. The Labute approximate surface area is 104 Å². The van der Waals surface area contributed by atoms with E-state index in [0.29, 0.717) is 21.7 Å². The van der Waals surface area contributed by atoms with Crippen LogP contribution in [0.4, 0.5) is 4.39 Å². The maximum absolute atomic E-state index is 13.1. The molecule has 0 saturated carbocycles. The maximum atomic E-state index is 13.1. The number of rotatable bonds is 2. The Bertz CT molecular complexity index is 539. The Morgan fingerprint density at radius 2 is 1.82 bits per heavy atom. The van der Waals surface area contributed by atoms with Crippen molar-refractivity contribution in [2.75, 3.05) is 0 Å². The lowest BCUT2D eigenvalue weighted by atomic mass is 10.00. The molecule has 1 N–H and O–H groups in total. The van der Waals surface area contributed by atoms with Gasteiger partial charge in [-0.1, -0.05) is 35.9 Å². The zero-order valence-electron chi connectivity index (χ0n) is 9.32. The van der Waals surface area contributed by atoms with Crippen LogP contribution in [-0.2, 0) is 0 Å². The van der Waals surface area contributed by atoms with Crippen LogP contribution in [0, 0.1) is 12.7 Å². The van der Waals surface area contributed by atoms with E-state index in [1.165, 1.54) is 6.07 Å². The third-order valence-corrected chi connectivity index (χ3v) is 2.90. The van der Waals surface area contributed by atoms with Gasteiger partial charge in [-0.3, -0.25) is 0 Å². The van der Waals surface area contributed by atoms with Crippen molar-refractivity contribution in [2.24, 2.45) is 0 Å². The predicted molar refractivity (Wildman–Crippen MR) is 66.7 cm³/mol. The van der Waals surface area contributed by atoms with Crippen LogP contribution in [0.15, 0.2) is 42.5 Å². The normalized spacial score (nSPS) is 12.5. The van der Waals surface area contributed by atoms with E-state index in [9.17, 15) is 9.50 Å². The molecule has 0 saturated heterocycles. The average molecular weight is 251 g/mol. The number of benzene rings is 2. The summed E-state index contributed by atoms with van der Waals surface area (Å²) in [5.74, 6) is -0.271. The highest BCUT2D eigenvalue weighted by Crippen LogP contribution is 2.25. The summed E-state index contributed by atoms with van der Waals surface area (Å²) in [5.41, 5.74) is 1.87. The molecule has 0 radical (unpaired) electrons. The molecule has 0 aliphatic carbocycles. The number of hydrogen-bond donors (Lipinski definition) is 1. The number of aliphatic hydroxyl groups is 1. The van der Waals surface area contributed by atoms with E-state index in [1.807, 2.05) is 0 Å². The number of aryl methyl sites for hydroxylation is 1. The molecule has 2 rings (SSSR count). The van der Waals surface area contributed by atoms with Gasteiger partial charge in [0.1, 0.15) is 11.9 Å². The van der Waals surface area contributed by atoms with Gasteiger partial charge < -0.3 is 5.11 Å². The molecule has 0 aromatic heterocycles. The molecule has 1 unspecified atom stereocenters. The lowest BCUT2D eigenvalue weighted by Crippen LogP contribution is -2.00. The predicted octanol–water partition coefficient (Wildman–Crippen LogP) is 3.87. The molecule has 1 nitrogen and oxygen atoms in total. The fraction of sp³-hybridized carbons (Fsp3) is 0.143. The van der Waals surface area contributed by atoms with Crippen molar-refractivity contribution in [3.05, 3.63) is 70.0 Å². The van der Waals surface area contributed by atoms with Crippen molar-refractivity contribution >= 4 is 11.6 Å². The van der Waals surface area contributed by atoms with Gasteiger partial charge in [-0.05, 0) is 41.8 Å². The van der Waals surface area contributed by atoms with E-state index >= 15 is 0 Å². The Kier molecular flexibility index (Phi) is 3.46. The van der Waals surface area contributed by atoms with Crippen molar-refractivity contribution in [3.63, 3.8) is 0 Å². The van der Waals surface area contributed by atoms with Crippen molar-refractivity contribution < 1.29 is 9.50 Å². The third kappa shape index (κ3) is 2.65. The van der Waals surface area contributed by atoms with Gasteiger partial charge in [0.15, 0.2) is 0 Å². The van der Waals surface area contributed by atoms with Gasteiger partial charge in [-0.2, -0.15) is 0 Å². The van der Waals surface area contributed by atoms with Gasteiger partial charge in [-0.25, -0.2) is 4.39 Å². The van der Waals surface area contributed by atoms with Crippen LogP contribution in [0.25, 0.3) is 0 Å². The van der Waals surface area contributed by atoms with Gasteiger partial charge >= 0.3 is 0 Å². The minimum absolute atomic E-state index is 0.271. The SMILES string of the molecule is Cc1cc(C(O)c2cccc(Cl)c2)ccc1F. The van der Waals surface area contributed by atoms with Crippen LogP contribution >= 0.6 is 11.6 Å². The van der Waals surface area contributed by atoms with Crippen molar-refractivity contribution in [1.29, 1.82) is 0 Å². The summed E-state index contributed by atoms with van der Waals surface area (Å²) >= 11 is 5.86. The van der Waals surface area contributed by atoms with E-state index in [-0.39, 0.29) is 5.82 Å². The van der Waals surface area contributed by atoms with E-state index in [1.54, 1.807) is 43.3 Å². The monoisotopic (exact) mass is 250 g/mol. The van der Waals surface area contributed by atoms with Gasteiger partial charge in [0.25, 0.3) is 0 Å². The summed E-state index contributed by atoms with van der Waals surface area (Å²) in [5, 5.41) is 10.7. The highest BCUT2D eigenvalue weighted by Gasteiger charge is 2.11. The van der Waals surface area contributed by atoms with Crippen molar-refractivity contribution in [2.45, 2.75) is 13.0 Å². The molecule has 1 atom stereocenters. The largest absolute Gasteiger partial charge is 0.384 e. The molecule has 0 amide bonds. The molecule has 0 fully saturated rings. The average Bonchev–Trinajstić information content (AvgIpc) is 2.32. The van der Waals surface area contributed by atoms with E-state index < -0.39 is 6.10 Å². The Morgan fingerprint density at radius 3 is 2.47 bits per heavy atom. The summed E-state index contributed by atoms with van der Waals surface area (Å²) in [7, 11) is 0. The van der Waals surface area contributed by atoms with Crippen LogP contribution < -0.4 is 0 Å². The summed E-state index contributed by atoms with van der Waals surface area (Å²) in [6.07, 6.45) is -0.784. The van der Waals surface area contributed by atoms with Crippen LogP contribution in [0.2, 0.25) is 5.02 Å². The summed E-state index contributed by atoms with van der Waals surface area (Å²) in [4.78, 5) is 0. The molecule has 0 aliphatic heterocycles. The molecule has 88 valence electrons. The molecule has 3 heteroatoms. The van der Waals surface area contributed by atoms with Crippen LogP contribution in [-0.4, -0.2) is 5.11 Å². The molecule has 17 heavy (non-hydrogen) atoms. The highest BCUT2D eigenvalue weighted by atomic mass is 35.5. The number of hydrogen-bond acceptors (Lipinski definition) is 1. The zero-order chi connectivity index (χ0) is 12.4. The smallest absolute Gasteiger partial charge is 0.126 e. The van der Waals surface area contributed by atoms with E-state index in [0.717, 1.165) is 0 Å².